The number of rotatable bonds is 1. The molecule has 3 heteroatoms. The molecule has 9 heavy (non-hydrogen) atoms. The van der Waals surface area contributed by atoms with Gasteiger partial charge in [0.05, 0.1) is 11.8 Å². The molecular weight excluding hydrogens is 114 g/mol. The van der Waals surface area contributed by atoms with E-state index in [0.717, 1.165) is 6.42 Å². The van der Waals surface area contributed by atoms with Crippen molar-refractivity contribution in [3.63, 3.8) is 0 Å². The van der Waals surface area contributed by atoms with Gasteiger partial charge >= 0.3 is 0 Å². The van der Waals surface area contributed by atoms with E-state index in [0.29, 0.717) is 6.04 Å². The van der Waals surface area contributed by atoms with E-state index in [9.17, 15) is 0 Å². The van der Waals surface area contributed by atoms with Gasteiger partial charge < -0.3 is 0 Å². The molecule has 1 aliphatic heterocycles. The second kappa shape index (κ2) is 2.35. The zero-order chi connectivity index (χ0) is 6.85. The molecule has 3 nitrogen and oxygen atoms in total. The van der Waals surface area contributed by atoms with E-state index in [1.54, 1.807) is 0 Å². The summed E-state index contributed by atoms with van der Waals surface area (Å²) in [6, 6.07) is 0.505. The lowest BCUT2D eigenvalue weighted by Crippen LogP contribution is -2.35. The van der Waals surface area contributed by atoms with Crippen LogP contribution in [-0.2, 0) is 0 Å². The van der Waals surface area contributed by atoms with Gasteiger partial charge in [-0.25, -0.2) is 10.5 Å². The quantitative estimate of drug-likeness (QED) is 0.558. The second-order valence-electron chi connectivity index (χ2n) is 2.39. The third-order valence-corrected chi connectivity index (χ3v) is 1.72. The van der Waals surface area contributed by atoms with E-state index >= 15 is 0 Å². The standard InChI is InChI=1S/C6H13N3/c1-4-6-5(2)7-8-9(6)3/h6,8H,4H2,1-3H3. The van der Waals surface area contributed by atoms with E-state index in [2.05, 4.69) is 17.6 Å². The minimum Gasteiger partial charge on any atom is -0.240 e. The van der Waals surface area contributed by atoms with E-state index in [1.807, 2.05) is 19.0 Å². The third kappa shape index (κ3) is 1.05. The average molecular weight is 127 g/mol. The first kappa shape index (κ1) is 6.55. The van der Waals surface area contributed by atoms with Crippen molar-refractivity contribution in [2.45, 2.75) is 26.3 Å². The summed E-state index contributed by atoms with van der Waals surface area (Å²) in [5.74, 6) is 0. The molecule has 0 radical (unpaired) electrons. The molecule has 0 spiro atoms. The SMILES string of the molecule is CCC1C(C)=NNN1C. The molecule has 1 atom stereocenters. The molecule has 52 valence electrons. The summed E-state index contributed by atoms with van der Waals surface area (Å²) in [7, 11) is 2.01. The fourth-order valence-corrected chi connectivity index (χ4v) is 1.15. The first-order valence-corrected chi connectivity index (χ1v) is 3.28. The maximum atomic E-state index is 4.06. The van der Waals surface area contributed by atoms with Crippen molar-refractivity contribution in [3.8, 4) is 0 Å². The van der Waals surface area contributed by atoms with Crippen LogP contribution in [0.25, 0.3) is 0 Å². The molecule has 0 bridgehead atoms. The molecule has 1 rings (SSSR count). The Labute approximate surface area is 55.7 Å². The Morgan fingerprint density at radius 2 is 2.44 bits per heavy atom. The lowest BCUT2D eigenvalue weighted by atomic mass is 10.1. The highest BCUT2D eigenvalue weighted by Crippen LogP contribution is 2.06. The third-order valence-electron chi connectivity index (χ3n) is 1.72. The Balaban J connectivity index is 2.57. The molecule has 1 unspecified atom stereocenters. The number of nitrogens with zero attached hydrogens (tertiary/aromatic N) is 2. The number of hydrazine groups is 1. The van der Waals surface area contributed by atoms with E-state index in [-0.39, 0.29) is 0 Å². The summed E-state index contributed by atoms with van der Waals surface area (Å²) in [6.07, 6.45) is 1.12. The molecule has 0 aromatic rings. The van der Waals surface area contributed by atoms with Crippen molar-refractivity contribution in [3.05, 3.63) is 0 Å². The zero-order valence-electron chi connectivity index (χ0n) is 6.18. The van der Waals surface area contributed by atoms with Crippen LogP contribution < -0.4 is 5.53 Å². The topological polar surface area (TPSA) is 27.6 Å². The summed E-state index contributed by atoms with van der Waals surface area (Å²) in [4.78, 5) is 0. The normalized spacial score (nSPS) is 27.9. The van der Waals surface area contributed by atoms with Gasteiger partial charge in [0.2, 0.25) is 0 Å². The summed E-state index contributed by atoms with van der Waals surface area (Å²) in [6.45, 7) is 4.21. The Kier molecular flexibility index (Phi) is 1.71. The summed E-state index contributed by atoms with van der Waals surface area (Å²) >= 11 is 0. The Morgan fingerprint density at radius 3 is 2.67 bits per heavy atom. The van der Waals surface area contributed by atoms with Crippen molar-refractivity contribution >= 4 is 5.71 Å². The van der Waals surface area contributed by atoms with Crippen molar-refractivity contribution in [2.75, 3.05) is 7.05 Å². The average Bonchev–Trinajstić information content (AvgIpc) is 2.12. The van der Waals surface area contributed by atoms with E-state index < -0.39 is 0 Å². The smallest absolute Gasteiger partial charge is 0.0698 e. The number of hydrazone groups is 1. The molecule has 0 saturated heterocycles. The van der Waals surface area contributed by atoms with Crippen molar-refractivity contribution < 1.29 is 0 Å². The van der Waals surface area contributed by atoms with Crippen LogP contribution in [0, 0.1) is 0 Å². The molecule has 0 aromatic heterocycles. The van der Waals surface area contributed by atoms with Crippen molar-refractivity contribution in [1.29, 1.82) is 0 Å². The van der Waals surface area contributed by atoms with Crippen LogP contribution in [0.3, 0.4) is 0 Å². The lowest BCUT2D eigenvalue weighted by Gasteiger charge is -2.16. The van der Waals surface area contributed by atoms with Crippen LogP contribution in [0.1, 0.15) is 20.3 Å². The van der Waals surface area contributed by atoms with E-state index in [4.69, 9.17) is 0 Å². The van der Waals surface area contributed by atoms with Gasteiger partial charge in [0.1, 0.15) is 0 Å². The molecule has 0 amide bonds. The van der Waals surface area contributed by atoms with Gasteiger partial charge in [-0.2, -0.15) is 5.10 Å². The van der Waals surface area contributed by atoms with Gasteiger partial charge in [-0.05, 0) is 13.3 Å². The largest absolute Gasteiger partial charge is 0.240 e. The number of hydrogen-bond donors (Lipinski definition) is 1. The lowest BCUT2D eigenvalue weighted by molar-refractivity contribution is 0.233. The number of hydrogen-bond acceptors (Lipinski definition) is 3. The minimum atomic E-state index is 0.505. The Bertz CT molecular complexity index is 130. The monoisotopic (exact) mass is 127 g/mol. The van der Waals surface area contributed by atoms with Crippen LogP contribution >= 0.6 is 0 Å². The molecule has 1 N–H and O–H groups in total. The minimum absolute atomic E-state index is 0.505. The van der Waals surface area contributed by atoms with Gasteiger partial charge in [-0.1, -0.05) is 6.92 Å². The fraction of sp³-hybridized carbons (Fsp3) is 0.833. The molecule has 0 aliphatic carbocycles. The predicted molar refractivity (Wildman–Crippen MR) is 38.1 cm³/mol. The van der Waals surface area contributed by atoms with Crippen LogP contribution in [0.2, 0.25) is 0 Å². The van der Waals surface area contributed by atoms with Gasteiger partial charge in [0.15, 0.2) is 0 Å². The van der Waals surface area contributed by atoms with Gasteiger partial charge in [0, 0.05) is 7.05 Å². The molecular formula is C6H13N3. The van der Waals surface area contributed by atoms with Crippen molar-refractivity contribution in [1.82, 2.24) is 10.5 Å². The van der Waals surface area contributed by atoms with E-state index in [1.165, 1.54) is 5.71 Å². The molecule has 0 fully saturated rings. The van der Waals surface area contributed by atoms with Gasteiger partial charge in [-0.15, -0.1) is 0 Å². The zero-order valence-corrected chi connectivity index (χ0v) is 6.18. The summed E-state index contributed by atoms with van der Waals surface area (Å²) in [5, 5.41) is 6.09. The molecule has 1 heterocycles. The maximum Gasteiger partial charge on any atom is 0.0698 e. The van der Waals surface area contributed by atoms with Crippen LogP contribution in [0.4, 0.5) is 0 Å². The summed E-state index contributed by atoms with van der Waals surface area (Å²) < 4.78 is 0. The molecule has 1 aliphatic rings. The van der Waals surface area contributed by atoms with Crippen LogP contribution in [0.5, 0.6) is 0 Å². The molecule has 0 saturated carbocycles. The van der Waals surface area contributed by atoms with Gasteiger partial charge in [0.25, 0.3) is 0 Å². The Morgan fingerprint density at radius 1 is 1.78 bits per heavy atom. The van der Waals surface area contributed by atoms with Gasteiger partial charge in [-0.3, -0.25) is 0 Å². The predicted octanol–water partition coefficient (Wildman–Crippen LogP) is 0.591. The first-order valence-electron chi connectivity index (χ1n) is 3.28. The first-order chi connectivity index (χ1) is 4.25. The van der Waals surface area contributed by atoms with Crippen molar-refractivity contribution in [2.24, 2.45) is 5.10 Å². The fourth-order valence-electron chi connectivity index (χ4n) is 1.15. The summed E-state index contributed by atoms with van der Waals surface area (Å²) in [5.41, 5.74) is 4.07. The number of nitrogens with one attached hydrogen (secondary N) is 1. The maximum absolute atomic E-state index is 4.06. The molecule has 0 aromatic carbocycles. The highest BCUT2D eigenvalue weighted by molar-refractivity contribution is 5.87. The highest BCUT2D eigenvalue weighted by Gasteiger charge is 2.20. The van der Waals surface area contributed by atoms with Crippen LogP contribution in [-0.4, -0.2) is 23.8 Å². The second-order valence-corrected chi connectivity index (χ2v) is 2.39. The van der Waals surface area contributed by atoms with Crippen LogP contribution in [0.15, 0.2) is 5.10 Å². The Hall–Kier alpha value is -0.570. The highest BCUT2D eigenvalue weighted by atomic mass is 15.7.